The maximum atomic E-state index is 12.6. The van der Waals surface area contributed by atoms with Crippen molar-refractivity contribution in [1.29, 1.82) is 5.26 Å². The second kappa shape index (κ2) is 4.85. The van der Waals surface area contributed by atoms with E-state index >= 15 is 0 Å². The summed E-state index contributed by atoms with van der Waals surface area (Å²) >= 11 is 0. The van der Waals surface area contributed by atoms with Gasteiger partial charge in [0.15, 0.2) is 0 Å². The second-order valence-corrected chi connectivity index (χ2v) is 7.30. The molecule has 1 aliphatic heterocycles. The molecule has 2 aliphatic rings. The lowest BCUT2D eigenvalue weighted by atomic mass is 9.48. The van der Waals surface area contributed by atoms with Crippen molar-refractivity contribution in [3.8, 4) is 6.07 Å². The van der Waals surface area contributed by atoms with Gasteiger partial charge in [-0.15, -0.1) is 0 Å². The van der Waals surface area contributed by atoms with Crippen molar-refractivity contribution in [3.63, 3.8) is 0 Å². The molecule has 0 bridgehead atoms. The van der Waals surface area contributed by atoms with Crippen LogP contribution in [0.5, 0.6) is 0 Å². The first-order chi connectivity index (χ1) is 12.5. The molecule has 0 radical (unpaired) electrons. The van der Waals surface area contributed by atoms with Crippen LogP contribution in [-0.2, 0) is 4.79 Å². The number of benzene rings is 2. The minimum atomic E-state index is -0.825. The molecule has 4 atom stereocenters. The van der Waals surface area contributed by atoms with Crippen LogP contribution in [0.4, 0.5) is 4.79 Å². The summed E-state index contributed by atoms with van der Waals surface area (Å²) in [5.74, 6) is -1.02. The van der Waals surface area contributed by atoms with E-state index in [1.165, 1.54) is 0 Å². The number of fused-ring (bicyclic) bond motifs is 4. The Labute approximate surface area is 149 Å². The van der Waals surface area contributed by atoms with Crippen LogP contribution in [0.1, 0.15) is 18.4 Å². The number of nitrogens with zero attached hydrogens (tertiary/aromatic N) is 1. The topological polar surface area (TPSA) is 97.8 Å². The maximum absolute atomic E-state index is 12.6. The van der Waals surface area contributed by atoms with Crippen molar-refractivity contribution >= 4 is 33.7 Å². The Hall–Kier alpha value is -3.33. The summed E-state index contributed by atoms with van der Waals surface area (Å²) in [7, 11) is 0. The molecule has 6 heteroatoms. The number of carbonyl (C=O) groups excluding carboxylic acids is 2. The van der Waals surface area contributed by atoms with Crippen LogP contribution in [0.2, 0.25) is 0 Å². The number of rotatable bonds is 1. The highest BCUT2D eigenvalue weighted by atomic mass is 16.2. The molecule has 3 N–H and O–H groups in total. The summed E-state index contributed by atoms with van der Waals surface area (Å²) in [5.41, 5.74) is 2.19. The number of hydrogen-bond acceptors (Lipinski definition) is 3. The van der Waals surface area contributed by atoms with Crippen molar-refractivity contribution in [2.75, 3.05) is 0 Å². The Bertz CT molecular complexity index is 1140. The third kappa shape index (κ3) is 1.70. The molecule has 0 spiro atoms. The van der Waals surface area contributed by atoms with Gasteiger partial charge in [-0.25, -0.2) is 4.79 Å². The van der Waals surface area contributed by atoms with E-state index in [0.717, 1.165) is 27.4 Å². The predicted octanol–water partition coefficient (Wildman–Crippen LogP) is 2.77. The molecular weight excluding hydrogens is 328 g/mol. The monoisotopic (exact) mass is 344 g/mol. The van der Waals surface area contributed by atoms with Gasteiger partial charge in [0.1, 0.15) is 0 Å². The molecule has 3 aromatic rings. The summed E-state index contributed by atoms with van der Waals surface area (Å²) in [4.78, 5) is 27.6. The number of para-hydroxylation sites is 1. The van der Waals surface area contributed by atoms with Gasteiger partial charge in [-0.3, -0.25) is 10.1 Å². The van der Waals surface area contributed by atoms with Crippen LogP contribution >= 0.6 is 0 Å². The Morgan fingerprint density at radius 2 is 1.85 bits per heavy atom. The second-order valence-electron chi connectivity index (χ2n) is 7.30. The Morgan fingerprint density at radius 1 is 1.08 bits per heavy atom. The van der Waals surface area contributed by atoms with Crippen molar-refractivity contribution < 1.29 is 9.59 Å². The zero-order valence-electron chi connectivity index (χ0n) is 14.0. The van der Waals surface area contributed by atoms with E-state index in [-0.39, 0.29) is 11.8 Å². The van der Waals surface area contributed by atoms with Gasteiger partial charge in [0.2, 0.25) is 5.91 Å². The minimum absolute atomic E-state index is 0.267. The first kappa shape index (κ1) is 15.0. The molecule has 5 rings (SSSR count). The van der Waals surface area contributed by atoms with E-state index in [0.29, 0.717) is 0 Å². The van der Waals surface area contributed by atoms with Gasteiger partial charge in [0.25, 0.3) is 0 Å². The standard InChI is InChI=1S/C20H16N4O2/c1-20-16(13(9-21)17(20)23-19(26)24-18(20)25)10-6-7-15-12(8-10)11-4-2-3-5-14(11)22-15/h2-8,13,16-17,22H,1H3,(H2,23,24,25,26)/t13-,16-,17+,20-/m0/s1. The molecule has 0 unspecified atom stereocenters. The summed E-state index contributed by atoms with van der Waals surface area (Å²) < 4.78 is 0. The van der Waals surface area contributed by atoms with E-state index in [2.05, 4.69) is 33.8 Å². The van der Waals surface area contributed by atoms with Gasteiger partial charge in [-0.05, 0) is 30.7 Å². The van der Waals surface area contributed by atoms with Crippen LogP contribution in [0.15, 0.2) is 42.5 Å². The molecule has 1 aliphatic carbocycles. The highest BCUT2D eigenvalue weighted by Crippen LogP contribution is 2.58. The van der Waals surface area contributed by atoms with Crippen molar-refractivity contribution in [1.82, 2.24) is 15.6 Å². The molecule has 6 nitrogen and oxygen atoms in total. The third-order valence-corrected chi connectivity index (χ3v) is 6.05. The normalized spacial score (nSPS) is 30.2. The molecule has 1 aromatic heterocycles. The van der Waals surface area contributed by atoms with Gasteiger partial charge < -0.3 is 10.3 Å². The first-order valence-electron chi connectivity index (χ1n) is 8.56. The van der Waals surface area contributed by atoms with Gasteiger partial charge in [0.05, 0.1) is 23.4 Å². The highest BCUT2D eigenvalue weighted by Gasteiger charge is 2.66. The molecule has 2 aromatic carbocycles. The number of aromatic amines is 1. The Morgan fingerprint density at radius 3 is 2.65 bits per heavy atom. The van der Waals surface area contributed by atoms with Crippen molar-refractivity contribution in [2.45, 2.75) is 18.9 Å². The van der Waals surface area contributed by atoms with E-state index < -0.39 is 23.4 Å². The fraction of sp³-hybridized carbons (Fsp3) is 0.250. The number of urea groups is 1. The highest BCUT2D eigenvalue weighted by molar-refractivity contribution is 6.07. The fourth-order valence-electron chi connectivity index (χ4n) is 4.71. The third-order valence-electron chi connectivity index (χ3n) is 6.05. The van der Waals surface area contributed by atoms with E-state index in [9.17, 15) is 14.9 Å². The van der Waals surface area contributed by atoms with Crippen LogP contribution in [-0.4, -0.2) is 23.0 Å². The summed E-state index contributed by atoms with van der Waals surface area (Å²) in [6.45, 7) is 1.82. The molecule has 128 valence electrons. The number of nitriles is 1. The maximum Gasteiger partial charge on any atom is 0.321 e. The minimum Gasteiger partial charge on any atom is -0.355 e. The Balaban J connectivity index is 1.67. The zero-order chi connectivity index (χ0) is 18.1. The van der Waals surface area contributed by atoms with E-state index in [1.807, 2.05) is 37.3 Å². The molecule has 2 heterocycles. The van der Waals surface area contributed by atoms with Crippen LogP contribution in [0.3, 0.4) is 0 Å². The van der Waals surface area contributed by atoms with Crippen LogP contribution < -0.4 is 10.6 Å². The lowest BCUT2D eigenvalue weighted by Crippen LogP contribution is -2.75. The van der Waals surface area contributed by atoms with Crippen LogP contribution in [0, 0.1) is 22.7 Å². The molecular formula is C20H16N4O2. The number of H-pyrrole nitrogens is 1. The van der Waals surface area contributed by atoms with Gasteiger partial charge in [0, 0.05) is 27.7 Å². The first-order valence-corrected chi connectivity index (χ1v) is 8.56. The van der Waals surface area contributed by atoms with Gasteiger partial charge in [-0.1, -0.05) is 24.3 Å². The summed E-state index contributed by atoms with van der Waals surface area (Å²) in [6, 6.07) is 15.4. The van der Waals surface area contributed by atoms with Crippen molar-refractivity contribution in [3.05, 3.63) is 48.0 Å². The number of amides is 3. The molecule has 3 amide bonds. The molecule has 1 saturated carbocycles. The number of imide groups is 1. The zero-order valence-corrected chi connectivity index (χ0v) is 14.0. The average Bonchev–Trinajstić information content (AvgIpc) is 3.00. The SMILES string of the molecule is C[C@@]12C(=O)NC(=O)N[C@@H]1[C@@H](C#N)[C@@H]2c1ccc2[nH]c3ccccc3c2c1. The molecule has 26 heavy (non-hydrogen) atoms. The van der Waals surface area contributed by atoms with Gasteiger partial charge in [-0.2, -0.15) is 5.26 Å². The van der Waals surface area contributed by atoms with Crippen LogP contribution in [0.25, 0.3) is 21.8 Å². The summed E-state index contributed by atoms with van der Waals surface area (Å²) in [5, 5.41) is 16.9. The molecule has 1 saturated heterocycles. The predicted molar refractivity (Wildman–Crippen MR) is 96.2 cm³/mol. The number of hydrogen-bond donors (Lipinski definition) is 3. The largest absolute Gasteiger partial charge is 0.355 e. The summed E-state index contributed by atoms with van der Waals surface area (Å²) in [6.07, 6.45) is 0. The number of carbonyl (C=O) groups is 2. The van der Waals surface area contributed by atoms with Gasteiger partial charge >= 0.3 is 6.03 Å². The number of aromatic nitrogens is 1. The fourth-order valence-corrected chi connectivity index (χ4v) is 4.71. The average molecular weight is 344 g/mol. The van der Waals surface area contributed by atoms with E-state index in [4.69, 9.17) is 0 Å². The quantitative estimate of drug-likeness (QED) is 0.633. The van der Waals surface area contributed by atoms with E-state index in [1.54, 1.807) is 0 Å². The Kier molecular flexibility index (Phi) is 2.79. The smallest absolute Gasteiger partial charge is 0.321 e. The number of nitrogens with one attached hydrogen (secondary N) is 3. The van der Waals surface area contributed by atoms with Crippen molar-refractivity contribution in [2.24, 2.45) is 11.3 Å². The molecule has 2 fully saturated rings. The lowest BCUT2D eigenvalue weighted by Gasteiger charge is -2.58. The lowest BCUT2D eigenvalue weighted by molar-refractivity contribution is -0.144.